The smallest absolute Gasteiger partial charge is 0.268 e. The Labute approximate surface area is 177 Å². The molecule has 2 saturated heterocycles. The first kappa shape index (κ1) is 19.3. The SMILES string of the molecule is N#Cc1c(NC2CN(C(=O)C3CO3)C2)c2ccc(Cc3ccc(F)cc3)cc2[nH]c1=O. The van der Waals surface area contributed by atoms with Gasteiger partial charge in [-0.15, -0.1) is 0 Å². The van der Waals surface area contributed by atoms with Gasteiger partial charge in [-0.1, -0.05) is 24.3 Å². The number of aromatic amines is 1. The second-order valence-electron chi connectivity index (χ2n) is 7.91. The predicted octanol–water partition coefficient (Wildman–Crippen LogP) is 2.15. The molecule has 0 aliphatic carbocycles. The first-order valence-corrected chi connectivity index (χ1v) is 10.0. The van der Waals surface area contributed by atoms with E-state index in [1.54, 1.807) is 17.0 Å². The van der Waals surface area contributed by atoms with Gasteiger partial charge in [-0.25, -0.2) is 4.39 Å². The summed E-state index contributed by atoms with van der Waals surface area (Å²) in [5.41, 5.74) is 2.56. The van der Waals surface area contributed by atoms with Crippen LogP contribution in [0.2, 0.25) is 0 Å². The van der Waals surface area contributed by atoms with E-state index < -0.39 is 5.56 Å². The lowest BCUT2D eigenvalue weighted by Gasteiger charge is -2.40. The van der Waals surface area contributed by atoms with Crippen molar-refractivity contribution in [1.29, 1.82) is 5.26 Å². The molecule has 2 fully saturated rings. The van der Waals surface area contributed by atoms with E-state index in [1.807, 2.05) is 24.3 Å². The maximum atomic E-state index is 13.1. The molecule has 0 spiro atoms. The number of hydrogen-bond donors (Lipinski definition) is 2. The number of H-pyrrole nitrogens is 1. The van der Waals surface area contributed by atoms with Crippen molar-refractivity contribution in [3.63, 3.8) is 0 Å². The Hall–Kier alpha value is -3.70. The zero-order chi connectivity index (χ0) is 21.5. The molecule has 1 unspecified atom stereocenters. The van der Waals surface area contributed by atoms with Crippen molar-refractivity contribution >= 4 is 22.5 Å². The van der Waals surface area contributed by atoms with Gasteiger partial charge in [0.25, 0.3) is 11.5 Å². The minimum absolute atomic E-state index is 0.0141. The van der Waals surface area contributed by atoms with E-state index in [1.165, 1.54) is 12.1 Å². The highest BCUT2D eigenvalue weighted by atomic mass is 19.1. The Bertz CT molecular complexity index is 1270. The van der Waals surface area contributed by atoms with Crippen LogP contribution in [0.25, 0.3) is 10.9 Å². The van der Waals surface area contributed by atoms with Crippen molar-refractivity contribution < 1.29 is 13.9 Å². The van der Waals surface area contributed by atoms with Crippen molar-refractivity contribution in [3.05, 3.63) is 75.3 Å². The average molecular weight is 418 g/mol. The van der Waals surface area contributed by atoms with Crippen molar-refractivity contribution in [1.82, 2.24) is 9.88 Å². The summed E-state index contributed by atoms with van der Waals surface area (Å²) in [6.45, 7) is 1.48. The summed E-state index contributed by atoms with van der Waals surface area (Å²) in [5, 5.41) is 13.5. The van der Waals surface area contributed by atoms with E-state index in [-0.39, 0.29) is 29.4 Å². The first-order chi connectivity index (χ1) is 15.0. The molecule has 2 aliphatic heterocycles. The minimum atomic E-state index is -0.463. The van der Waals surface area contributed by atoms with Crippen molar-refractivity contribution in [2.45, 2.75) is 18.6 Å². The Kier molecular flexibility index (Phi) is 4.68. The second kappa shape index (κ2) is 7.52. The predicted molar refractivity (Wildman–Crippen MR) is 112 cm³/mol. The fraction of sp³-hybridized carbons (Fsp3) is 0.261. The Morgan fingerprint density at radius 1 is 1.23 bits per heavy atom. The van der Waals surface area contributed by atoms with Crippen LogP contribution >= 0.6 is 0 Å². The molecule has 7 nitrogen and oxygen atoms in total. The highest BCUT2D eigenvalue weighted by Crippen LogP contribution is 2.28. The number of carbonyl (C=O) groups is 1. The van der Waals surface area contributed by atoms with Crippen LogP contribution in [0.1, 0.15) is 16.7 Å². The number of fused-ring (bicyclic) bond motifs is 1. The van der Waals surface area contributed by atoms with Crippen molar-refractivity contribution in [2.24, 2.45) is 0 Å². The van der Waals surface area contributed by atoms with Gasteiger partial charge in [-0.05, 0) is 35.7 Å². The van der Waals surface area contributed by atoms with Crippen LogP contribution in [0.4, 0.5) is 10.1 Å². The van der Waals surface area contributed by atoms with Crippen molar-refractivity contribution in [2.75, 3.05) is 25.0 Å². The van der Waals surface area contributed by atoms with E-state index in [4.69, 9.17) is 4.74 Å². The fourth-order valence-corrected chi connectivity index (χ4v) is 3.90. The van der Waals surface area contributed by atoms with Crippen LogP contribution < -0.4 is 10.9 Å². The van der Waals surface area contributed by atoms with Gasteiger partial charge in [-0.2, -0.15) is 5.26 Å². The van der Waals surface area contributed by atoms with Gasteiger partial charge in [-0.3, -0.25) is 9.59 Å². The normalized spacial score (nSPS) is 17.8. The highest BCUT2D eigenvalue weighted by molar-refractivity contribution is 5.94. The van der Waals surface area contributed by atoms with Gasteiger partial charge in [0.2, 0.25) is 0 Å². The first-order valence-electron chi connectivity index (χ1n) is 10.0. The molecule has 1 amide bonds. The summed E-state index contributed by atoms with van der Waals surface area (Å²) >= 11 is 0. The van der Waals surface area contributed by atoms with Gasteiger partial charge in [0, 0.05) is 18.5 Å². The lowest BCUT2D eigenvalue weighted by atomic mass is 10.0. The maximum Gasteiger partial charge on any atom is 0.268 e. The van der Waals surface area contributed by atoms with Crippen molar-refractivity contribution in [3.8, 4) is 6.07 Å². The molecular weight excluding hydrogens is 399 g/mol. The van der Waals surface area contributed by atoms with E-state index in [2.05, 4.69) is 10.3 Å². The Morgan fingerprint density at radius 2 is 1.94 bits per heavy atom. The molecule has 156 valence electrons. The number of ether oxygens (including phenoxy) is 1. The van der Waals surface area contributed by atoms with Crippen LogP contribution in [-0.4, -0.2) is 47.6 Å². The number of benzene rings is 2. The molecule has 2 aliphatic rings. The van der Waals surface area contributed by atoms with Gasteiger partial charge >= 0.3 is 0 Å². The Morgan fingerprint density at radius 3 is 2.61 bits per heavy atom. The third-order valence-electron chi connectivity index (χ3n) is 5.66. The number of likely N-dealkylation sites (tertiary alicyclic amines) is 1. The number of amides is 1. The van der Waals surface area contributed by atoms with Gasteiger partial charge < -0.3 is 19.9 Å². The summed E-state index contributed by atoms with van der Waals surface area (Å²) < 4.78 is 18.2. The van der Waals surface area contributed by atoms with Crippen LogP contribution in [0.3, 0.4) is 0 Å². The molecule has 1 aromatic heterocycles. The summed E-state index contributed by atoms with van der Waals surface area (Å²) in [6, 6.07) is 13.9. The van der Waals surface area contributed by atoms with E-state index in [9.17, 15) is 19.2 Å². The van der Waals surface area contributed by atoms with Gasteiger partial charge in [0.05, 0.1) is 23.9 Å². The molecule has 0 saturated carbocycles. The molecule has 3 aromatic rings. The third-order valence-corrected chi connectivity index (χ3v) is 5.66. The number of halogens is 1. The number of hydrogen-bond acceptors (Lipinski definition) is 5. The zero-order valence-electron chi connectivity index (χ0n) is 16.5. The number of nitriles is 1. The molecule has 1 atom stereocenters. The largest absolute Gasteiger partial charge is 0.377 e. The van der Waals surface area contributed by atoms with Gasteiger partial charge in [0.15, 0.2) is 6.10 Å². The molecule has 0 radical (unpaired) electrons. The molecule has 8 heteroatoms. The van der Waals surface area contributed by atoms with E-state index in [0.717, 1.165) is 16.5 Å². The zero-order valence-corrected chi connectivity index (χ0v) is 16.5. The van der Waals surface area contributed by atoms with Crippen LogP contribution in [0.5, 0.6) is 0 Å². The average Bonchev–Trinajstić information content (AvgIpc) is 3.56. The Balaban J connectivity index is 1.41. The second-order valence-corrected chi connectivity index (χ2v) is 7.91. The molecule has 2 N–H and O–H groups in total. The van der Waals surface area contributed by atoms with Gasteiger partial charge in [0.1, 0.15) is 17.4 Å². The maximum absolute atomic E-state index is 13.1. The number of anilines is 1. The van der Waals surface area contributed by atoms with Crippen LogP contribution in [0, 0.1) is 17.1 Å². The van der Waals surface area contributed by atoms with E-state index in [0.29, 0.717) is 37.3 Å². The highest BCUT2D eigenvalue weighted by Gasteiger charge is 2.40. The number of pyridine rings is 1. The topological polar surface area (TPSA) is 102 Å². The summed E-state index contributed by atoms with van der Waals surface area (Å²) in [7, 11) is 0. The molecule has 0 bridgehead atoms. The lowest BCUT2D eigenvalue weighted by Crippen LogP contribution is -2.58. The number of rotatable bonds is 5. The van der Waals surface area contributed by atoms with Crippen LogP contribution in [-0.2, 0) is 16.0 Å². The third kappa shape index (κ3) is 3.76. The molecular formula is C23H19FN4O3. The fourth-order valence-electron chi connectivity index (χ4n) is 3.90. The summed E-state index contributed by atoms with van der Waals surface area (Å²) in [6.07, 6.45) is 0.278. The lowest BCUT2D eigenvalue weighted by molar-refractivity contribution is -0.136. The summed E-state index contributed by atoms with van der Waals surface area (Å²) in [5.74, 6) is -0.299. The molecule has 31 heavy (non-hydrogen) atoms. The number of epoxide rings is 1. The number of aromatic nitrogens is 1. The van der Waals surface area contributed by atoms with E-state index >= 15 is 0 Å². The monoisotopic (exact) mass is 418 g/mol. The standard InChI is InChI=1S/C23H19FN4O3/c24-15-4-1-13(2-5-15)7-14-3-6-17-19(8-14)27-22(29)18(9-25)21(17)26-16-10-28(11-16)23(30)20-12-31-20/h1-6,8,16,20H,7,10-12H2,(H2,26,27,29). The molecule has 5 rings (SSSR count). The quantitative estimate of drug-likeness (QED) is 0.619. The number of nitrogens with zero attached hydrogens (tertiary/aromatic N) is 2. The number of nitrogens with one attached hydrogen (secondary N) is 2. The molecule has 2 aromatic carbocycles. The number of carbonyl (C=O) groups excluding carboxylic acids is 1. The minimum Gasteiger partial charge on any atom is -0.377 e. The molecule has 3 heterocycles. The summed E-state index contributed by atoms with van der Waals surface area (Å²) in [4.78, 5) is 29.0. The van der Waals surface area contributed by atoms with Crippen LogP contribution in [0.15, 0.2) is 47.3 Å².